The number of carbonyl (C=O) groups is 1. The van der Waals surface area contributed by atoms with Gasteiger partial charge in [-0.05, 0) is 12.8 Å². The summed E-state index contributed by atoms with van der Waals surface area (Å²) >= 11 is 0. The molecule has 0 aliphatic carbocycles. The molecule has 0 aliphatic heterocycles. The molecule has 0 fully saturated rings. The Balaban J connectivity index is 3.94. The Hall–Kier alpha value is -0.500. The summed E-state index contributed by atoms with van der Waals surface area (Å²) in [6.07, 6.45) is 43.3. The first kappa shape index (κ1) is 54.5. The van der Waals surface area contributed by atoms with Crippen LogP contribution in [0.2, 0.25) is 0 Å². The van der Waals surface area contributed by atoms with Crippen LogP contribution < -0.4 is 5.32 Å². The van der Waals surface area contributed by atoms with E-state index in [4.69, 9.17) is 9.05 Å². The van der Waals surface area contributed by atoms with E-state index in [1.165, 1.54) is 173 Å². The number of aliphatic hydroxyl groups is 1. The van der Waals surface area contributed by atoms with Crippen LogP contribution in [-0.4, -0.2) is 73.4 Å². The number of phosphoric acid groups is 1. The van der Waals surface area contributed by atoms with E-state index in [9.17, 15) is 19.4 Å². The number of amides is 1. The predicted octanol–water partition coefficient (Wildman–Crippen LogP) is 13.4. The van der Waals surface area contributed by atoms with E-state index >= 15 is 0 Å². The molecule has 0 spiro atoms. The molecule has 330 valence electrons. The lowest BCUT2D eigenvalue weighted by Crippen LogP contribution is -2.46. The molecule has 0 bridgehead atoms. The zero-order chi connectivity index (χ0) is 40.7. The maximum atomic E-state index is 12.7. The fourth-order valence-corrected chi connectivity index (χ4v) is 8.02. The molecular formula is C46H96N2O6P+. The van der Waals surface area contributed by atoms with Gasteiger partial charge in [-0.3, -0.25) is 13.8 Å². The number of phosphoric ester groups is 1. The van der Waals surface area contributed by atoms with Gasteiger partial charge in [0.15, 0.2) is 0 Å². The smallest absolute Gasteiger partial charge is 0.391 e. The van der Waals surface area contributed by atoms with E-state index in [-0.39, 0.29) is 19.1 Å². The molecule has 3 N–H and O–H groups in total. The van der Waals surface area contributed by atoms with Gasteiger partial charge in [0.1, 0.15) is 13.2 Å². The molecule has 0 heterocycles. The van der Waals surface area contributed by atoms with E-state index in [0.717, 1.165) is 38.5 Å². The van der Waals surface area contributed by atoms with Gasteiger partial charge in [0.05, 0.1) is 39.9 Å². The summed E-state index contributed by atoms with van der Waals surface area (Å²) in [5, 5.41) is 13.9. The Morgan fingerprint density at radius 3 is 1.22 bits per heavy atom. The maximum absolute atomic E-state index is 12.7. The van der Waals surface area contributed by atoms with Crippen LogP contribution in [0, 0.1) is 0 Å². The first-order valence-corrected chi connectivity index (χ1v) is 25.4. The van der Waals surface area contributed by atoms with E-state index in [0.29, 0.717) is 23.9 Å². The molecule has 0 saturated carbocycles. The standard InChI is InChI=1S/C46H95N2O6P/c1-6-8-10-12-14-15-16-17-18-19-20-21-22-23-24-25-26-27-28-29-30-31-32-33-34-35-37-39-45(49)44(47-46(50)40-38-36-13-11-9-7-2)43-54-55(51,52)53-42-41-48(3,4)5/h44-45,49H,6-43H2,1-5H3,(H-,47,50,51,52)/p+1. The monoisotopic (exact) mass is 804 g/mol. The van der Waals surface area contributed by atoms with E-state index < -0.39 is 20.0 Å². The Kier molecular flexibility index (Phi) is 38.6. The molecule has 0 rings (SSSR count). The molecule has 9 heteroatoms. The van der Waals surface area contributed by atoms with E-state index in [1.54, 1.807) is 0 Å². The summed E-state index contributed by atoms with van der Waals surface area (Å²) in [5.74, 6) is -0.151. The Labute approximate surface area is 342 Å². The third-order valence-electron chi connectivity index (χ3n) is 11.1. The SMILES string of the molecule is CCCCCCCCCCCCCCCCCCCCCCCCCCCCCC(O)C(COP(=O)(O)OCC[N+](C)(C)C)NC(=O)CCCCCCCC. The van der Waals surface area contributed by atoms with Crippen molar-refractivity contribution in [1.82, 2.24) is 5.32 Å². The van der Waals surface area contributed by atoms with Crippen molar-refractivity contribution in [2.75, 3.05) is 40.9 Å². The minimum absolute atomic E-state index is 0.0779. The van der Waals surface area contributed by atoms with Crippen LogP contribution in [0.25, 0.3) is 0 Å². The molecule has 3 unspecified atom stereocenters. The predicted molar refractivity (Wildman–Crippen MR) is 236 cm³/mol. The average molecular weight is 804 g/mol. The molecule has 0 aliphatic rings. The summed E-state index contributed by atoms with van der Waals surface area (Å²) in [5.41, 5.74) is 0. The lowest BCUT2D eigenvalue weighted by Gasteiger charge is -2.26. The van der Waals surface area contributed by atoms with Crippen LogP contribution in [0.3, 0.4) is 0 Å². The number of aliphatic hydroxyl groups excluding tert-OH is 1. The van der Waals surface area contributed by atoms with Crippen LogP contribution >= 0.6 is 7.82 Å². The second-order valence-electron chi connectivity index (χ2n) is 17.9. The normalized spacial score (nSPS) is 14.2. The fourth-order valence-electron chi connectivity index (χ4n) is 7.28. The molecular weight excluding hydrogens is 707 g/mol. The molecule has 0 aromatic heterocycles. The van der Waals surface area contributed by atoms with Crippen molar-refractivity contribution < 1.29 is 32.9 Å². The third kappa shape index (κ3) is 41.5. The zero-order valence-corrected chi connectivity index (χ0v) is 38.3. The lowest BCUT2D eigenvalue weighted by atomic mass is 10.0. The minimum atomic E-state index is -4.30. The summed E-state index contributed by atoms with van der Waals surface area (Å²) < 4.78 is 23.5. The molecule has 55 heavy (non-hydrogen) atoms. The van der Waals surface area contributed by atoms with Crippen molar-refractivity contribution >= 4 is 13.7 Å². The summed E-state index contributed by atoms with van der Waals surface area (Å²) in [4.78, 5) is 22.9. The molecule has 0 aromatic carbocycles. The van der Waals surface area contributed by atoms with Gasteiger partial charge < -0.3 is 19.8 Å². The molecule has 1 amide bonds. The van der Waals surface area contributed by atoms with Crippen LogP contribution in [0.5, 0.6) is 0 Å². The van der Waals surface area contributed by atoms with Gasteiger partial charge in [-0.2, -0.15) is 0 Å². The molecule has 0 radical (unpaired) electrons. The first-order valence-electron chi connectivity index (χ1n) is 23.9. The van der Waals surface area contributed by atoms with E-state index in [2.05, 4.69) is 19.2 Å². The van der Waals surface area contributed by atoms with Gasteiger partial charge in [-0.1, -0.05) is 219 Å². The summed E-state index contributed by atoms with van der Waals surface area (Å²) in [6, 6.07) is -0.751. The highest BCUT2D eigenvalue weighted by Crippen LogP contribution is 2.43. The number of nitrogens with one attached hydrogen (secondary N) is 1. The van der Waals surface area contributed by atoms with Crippen molar-refractivity contribution in [1.29, 1.82) is 0 Å². The maximum Gasteiger partial charge on any atom is 0.472 e. The van der Waals surface area contributed by atoms with Crippen molar-refractivity contribution in [2.45, 2.75) is 251 Å². The molecule has 3 atom stereocenters. The number of rotatable bonds is 44. The highest BCUT2D eigenvalue weighted by molar-refractivity contribution is 7.47. The molecule has 0 saturated heterocycles. The highest BCUT2D eigenvalue weighted by Gasteiger charge is 2.28. The molecule has 0 aromatic rings. The van der Waals surface area contributed by atoms with Crippen molar-refractivity contribution in [3.63, 3.8) is 0 Å². The van der Waals surface area contributed by atoms with Crippen LogP contribution in [0.4, 0.5) is 0 Å². The van der Waals surface area contributed by atoms with Gasteiger partial charge >= 0.3 is 7.82 Å². The zero-order valence-electron chi connectivity index (χ0n) is 37.4. The van der Waals surface area contributed by atoms with Crippen molar-refractivity contribution in [2.24, 2.45) is 0 Å². The Bertz CT molecular complexity index is 870. The Morgan fingerprint density at radius 2 is 0.873 bits per heavy atom. The van der Waals surface area contributed by atoms with Crippen molar-refractivity contribution in [3.05, 3.63) is 0 Å². The lowest BCUT2D eigenvalue weighted by molar-refractivity contribution is -0.870. The van der Waals surface area contributed by atoms with Crippen LogP contribution in [-0.2, 0) is 18.4 Å². The number of quaternary nitrogens is 1. The second-order valence-corrected chi connectivity index (χ2v) is 19.3. The Morgan fingerprint density at radius 1 is 0.545 bits per heavy atom. The van der Waals surface area contributed by atoms with Gasteiger partial charge in [0.25, 0.3) is 0 Å². The largest absolute Gasteiger partial charge is 0.472 e. The highest BCUT2D eigenvalue weighted by atomic mass is 31.2. The number of nitrogens with zero attached hydrogens (tertiary/aromatic N) is 1. The van der Waals surface area contributed by atoms with Crippen molar-refractivity contribution in [3.8, 4) is 0 Å². The number of carbonyl (C=O) groups excluding carboxylic acids is 1. The van der Waals surface area contributed by atoms with Gasteiger partial charge in [-0.25, -0.2) is 4.57 Å². The van der Waals surface area contributed by atoms with Gasteiger partial charge in [-0.15, -0.1) is 0 Å². The minimum Gasteiger partial charge on any atom is -0.391 e. The third-order valence-corrected chi connectivity index (χ3v) is 12.1. The van der Waals surface area contributed by atoms with Gasteiger partial charge in [0, 0.05) is 6.42 Å². The quantitative estimate of drug-likeness (QED) is 0.0322. The second kappa shape index (κ2) is 39.0. The first-order chi connectivity index (χ1) is 26.5. The number of likely N-dealkylation sites (N-methyl/N-ethyl adjacent to an activating group) is 1. The van der Waals surface area contributed by atoms with E-state index in [1.807, 2.05) is 21.1 Å². The summed E-state index contributed by atoms with van der Waals surface area (Å²) in [7, 11) is 1.63. The number of unbranched alkanes of at least 4 members (excludes halogenated alkanes) is 31. The average Bonchev–Trinajstić information content (AvgIpc) is 3.13. The topological polar surface area (TPSA) is 105 Å². The number of hydrogen-bond acceptors (Lipinski definition) is 5. The number of hydrogen-bond donors (Lipinski definition) is 3. The molecule has 8 nitrogen and oxygen atoms in total. The van der Waals surface area contributed by atoms with Crippen LogP contribution in [0.1, 0.15) is 239 Å². The van der Waals surface area contributed by atoms with Gasteiger partial charge in [0.2, 0.25) is 5.91 Å². The fraction of sp³-hybridized carbons (Fsp3) is 0.978. The summed E-state index contributed by atoms with van der Waals surface area (Å²) in [6.45, 7) is 4.84. The van der Waals surface area contributed by atoms with Crippen LogP contribution in [0.15, 0.2) is 0 Å².